The van der Waals surface area contributed by atoms with E-state index < -0.39 is 11.2 Å². The van der Waals surface area contributed by atoms with E-state index in [2.05, 4.69) is 11.1 Å². The van der Waals surface area contributed by atoms with Crippen molar-refractivity contribution in [3.05, 3.63) is 37.8 Å². The summed E-state index contributed by atoms with van der Waals surface area (Å²) >= 11 is 1.29. The minimum absolute atomic E-state index is 0.240. The lowest BCUT2D eigenvalue weighted by Crippen LogP contribution is -2.37. The Labute approximate surface area is 122 Å². The van der Waals surface area contributed by atoms with E-state index >= 15 is 0 Å². The number of aromatic nitrogens is 4. The van der Waals surface area contributed by atoms with E-state index in [-0.39, 0.29) is 5.52 Å². The van der Waals surface area contributed by atoms with Crippen LogP contribution in [0.15, 0.2) is 21.7 Å². The van der Waals surface area contributed by atoms with Gasteiger partial charge in [-0.2, -0.15) is 5.26 Å². The molecule has 0 spiro atoms. The molecule has 0 aliphatic carbocycles. The number of fused-ring (bicyclic) bond motifs is 1. The minimum Gasteiger partial charge on any atom is -0.312 e. The Balaban J connectivity index is 2.43. The Kier molecular flexibility index (Phi) is 2.81. The van der Waals surface area contributed by atoms with Crippen LogP contribution in [0.3, 0.4) is 0 Å². The highest BCUT2D eigenvalue weighted by molar-refractivity contribution is 7.15. The standard InChI is InChI=1S/C13H11N5O2S/c1-16-10(8-5-4-7(6-14)21-8)15-9-11(16)17(2)13(20)18(3)12(9)19/h4-5H,1-3H3. The zero-order valence-electron chi connectivity index (χ0n) is 11.6. The summed E-state index contributed by atoms with van der Waals surface area (Å²) in [6.07, 6.45) is 0. The average Bonchev–Trinajstić information content (AvgIpc) is 3.07. The van der Waals surface area contributed by atoms with Gasteiger partial charge in [0.2, 0.25) is 0 Å². The van der Waals surface area contributed by atoms with Gasteiger partial charge in [0, 0.05) is 21.1 Å². The SMILES string of the molecule is Cn1c(=O)c2nc(-c3ccc(C#N)s3)n(C)c2n(C)c1=O. The highest BCUT2D eigenvalue weighted by atomic mass is 32.1. The van der Waals surface area contributed by atoms with Crippen LogP contribution < -0.4 is 11.2 Å². The van der Waals surface area contributed by atoms with Crippen LogP contribution in [0.5, 0.6) is 0 Å². The molecular weight excluding hydrogens is 290 g/mol. The summed E-state index contributed by atoms with van der Waals surface area (Å²) in [7, 11) is 4.78. The van der Waals surface area contributed by atoms with Crippen LogP contribution in [0.25, 0.3) is 21.9 Å². The molecule has 0 radical (unpaired) electrons. The molecule has 0 aliphatic rings. The van der Waals surface area contributed by atoms with Crippen LogP contribution in [0.4, 0.5) is 0 Å². The molecule has 3 heterocycles. The van der Waals surface area contributed by atoms with Crippen molar-refractivity contribution in [1.82, 2.24) is 18.7 Å². The number of aryl methyl sites for hydroxylation is 2. The normalized spacial score (nSPS) is 11.0. The van der Waals surface area contributed by atoms with E-state index in [4.69, 9.17) is 5.26 Å². The van der Waals surface area contributed by atoms with E-state index in [1.807, 2.05) is 0 Å². The van der Waals surface area contributed by atoms with Crippen LogP contribution in [0.2, 0.25) is 0 Å². The summed E-state index contributed by atoms with van der Waals surface area (Å²) in [6, 6.07) is 5.56. The molecule has 8 heteroatoms. The summed E-state index contributed by atoms with van der Waals surface area (Å²) in [6.45, 7) is 0. The maximum atomic E-state index is 12.2. The lowest BCUT2D eigenvalue weighted by molar-refractivity contribution is 0.698. The van der Waals surface area contributed by atoms with Crippen LogP contribution >= 0.6 is 11.3 Å². The summed E-state index contributed by atoms with van der Waals surface area (Å²) in [5.74, 6) is 0.565. The van der Waals surface area contributed by atoms with E-state index in [1.54, 1.807) is 30.8 Å². The van der Waals surface area contributed by atoms with E-state index in [1.165, 1.54) is 23.0 Å². The Morgan fingerprint density at radius 2 is 1.86 bits per heavy atom. The van der Waals surface area contributed by atoms with Gasteiger partial charge in [0.15, 0.2) is 11.3 Å². The predicted molar refractivity (Wildman–Crippen MR) is 79.2 cm³/mol. The third-order valence-electron chi connectivity index (χ3n) is 3.40. The summed E-state index contributed by atoms with van der Waals surface area (Å²) in [5.41, 5.74) is -0.119. The molecule has 0 amide bonds. The molecule has 0 saturated carbocycles. The molecule has 106 valence electrons. The fourth-order valence-electron chi connectivity index (χ4n) is 2.32. The van der Waals surface area contributed by atoms with Gasteiger partial charge in [0.25, 0.3) is 5.56 Å². The van der Waals surface area contributed by atoms with Gasteiger partial charge < -0.3 is 4.57 Å². The quantitative estimate of drug-likeness (QED) is 0.657. The number of thiophene rings is 1. The molecule has 0 bridgehead atoms. The number of hydrogen-bond acceptors (Lipinski definition) is 5. The molecule has 3 aromatic rings. The lowest BCUT2D eigenvalue weighted by atomic mass is 10.4. The Hall–Kier alpha value is -2.66. The van der Waals surface area contributed by atoms with Crippen molar-refractivity contribution in [2.45, 2.75) is 0 Å². The lowest BCUT2D eigenvalue weighted by Gasteiger charge is -2.05. The average molecular weight is 301 g/mol. The largest absolute Gasteiger partial charge is 0.332 e. The van der Waals surface area contributed by atoms with Crippen molar-refractivity contribution in [2.24, 2.45) is 21.1 Å². The molecular formula is C13H11N5O2S. The zero-order valence-corrected chi connectivity index (χ0v) is 12.4. The van der Waals surface area contributed by atoms with Gasteiger partial charge in [-0.3, -0.25) is 13.9 Å². The van der Waals surface area contributed by atoms with Gasteiger partial charge in [0.05, 0.1) is 4.88 Å². The van der Waals surface area contributed by atoms with E-state index in [0.29, 0.717) is 16.3 Å². The number of nitrogens with zero attached hydrogens (tertiary/aromatic N) is 5. The fourth-order valence-corrected chi connectivity index (χ4v) is 3.15. The molecule has 0 saturated heterocycles. The molecule has 0 aliphatic heterocycles. The fraction of sp³-hybridized carbons (Fsp3) is 0.231. The molecule has 21 heavy (non-hydrogen) atoms. The smallest absolute Gasteiger partial charge is 0.312 e. The first-order valence-corrected chi connectivity index (χ1v) is 6.90. The van der Waals surface area contributed by atoms with Crippen molar-refractivity contribution in [1.29, 1.82) is 5.26 Å². The van der Waals surface area contributed by atoms with Crippen molar-refractivity contribution >= 4 is 22.5 Å². The van der Waals surface area contributed by atoms with Gasteiger partial charge >= 0.3 is 5.69 Å². The second-order valence-corrected chi connectivity index (χ2v) is 5.73. The molecule has 0 atom stereocenters. The number of nitriles is 1. The second kappa shape index (κ2) is 4.43. The Morgan fingerprint density at radius 1 is 1.14 bits per heavy atom. The first-order chi connectivity index (χ1) is 9.95. The van der Waals surface area contributed by atoms with Crippen molar-refractivity contribution < 1.29 is 0 Å². The van der Waals surface area contributed by atoms with Crippen LogP contribution in [-0.2, 0) is 21.1 Å². The van der Waals surface area contributed by atoms with Gasteiger partial charge in [0.1, 0.15) is 16.6 Å². The number of rotatable bonds is 1. The third kappa shape index (κ3) is 1.75. The van der Waals surface area contributed by atoms with E-state index in [0.717, 1.165) is 9.44 Å². The molecule has 3 aromatic heterocycles. The van der Waals surface area contributed by atoms with Crippen LogP contribution in [0.1, 0.15) is 4.88 Å². The minimum atomic E-state index is -0.424. The molecule has 3 rings (SSSR count). The molecule has 0 aromatic carbocycles. The van der Waals surface area contributed by atoms with Crippen molar-refractivity contribution in [3.8, 4) is 16.8 Å². The predicted octanol–water partition coefficient (Wildman–Crippen LogP) is 0.571. The van der Waals surface area contributed by atoms with Gasteiger partial charge in [-0.1, -0.05) is 0 Å². The second-order valence-electron chi connectivity index (χ2n) is 4.65. The maximum absolute atomic E-state index is 12.2. The Morgan fingerprint density at radius 3 is 2.48 bits per heavy atom. The van der Waals surface area contributed by atoms with Crippen LogP contribution in [0, 0.1) is 11.3 Å². The van der Waals surface area contributed by atoms with Gasteiger partial charge in [-0.05, 0) is 12.1 Å². The third-order valence-corrected chi connectivity index (χ3v) is 4.39. The van der Waals surface area contributed by atoms with Crippen molar-refractivity contribution in [3.63, 3.8) is 0 Å². The first-order valence-electron chi connectivity index (χ1n) is 6.08. The summed E-state index contributed by atoms with van der Waals surface area (Å²) < 4.78 is 4.13. The molecule has 7 nitrogen and oxygen atoms in total. The number of imidazole rings is 1. The van der Waals surface area contributed by atoms with Gasteiger partial charge in [-0.25, -0.2) is 9.78 Å². The van der Waals surface area contributed by atoms with Crippen LogP contribution in [-0.4, -0.2) is 18.7 Å². The molecule has 0 fully saturated rings. The maximum Gasteiger partial charge on any atom is 0.332 e. The van der Waals surface area contributed by atoms with Gasteiger partial charge in [-0.15, -0.1) is 11.3 Å². The number of hydrogen-bond donors (Lipinski definition) is 0. The van der Waals surface area contributed by atoms with Crippen molar-refractivity contribution in [2.75, 3.05) is 0 Å². The highest BCUT2D eigenvalue weighted by Crippen LogP contribution is 2.28. The Bertz CT molecular complexity index is 1030. The monoisotopic (exact) mass is 301 g/mol. The molecule has 0 N–H and O–H groups in total. The zero-order chi connectivity index (χ0) is 15.3. The molecule has 0 unspecified atom stereocenters. The highest BCUT2D eigenvalue weighted by Gasteiger charge is 2.18. The first kappa shape index (κ1) is 13.3. The topological polar surface area (TPSA) is 85.6 Å². The summed E-state index contributed by atoms with van der Waals surface area (Å²) in [5, 5.41) is 8.90. The summed E-state index contributed by atoms with van der Waals surface area (Å²) in [4.78, 5) is 29.9. The van der Waals surface area contributed by atoms with E-state index in [9.17, 15) is 9.59 Å².